The molecular weight excluding hydrogens is 361 g/mol. The summed E-state index contributed by atoms with van der Waals surface area (Å²) in [5.74, 6) is -0.138. The van der Waals surface area contributed by atoms with E-state index in [-0.39, 0.29) is 5.56 Å². The summed E-state index contributed by atoms with van der Waals surface area (Å²) in [7, 11) is 0. The average molecular weight is 371 g/mol. The van der Waals surface area contributed by atoms with Crippen molar-refractivity contribution in [3.63, 3.8) is 0 Å². The molecule has 0 amide bonds. The minimum Gasteiger partial charge on any atom is -0.478 e. The van der Waals surface area contributed by atoms with Crippen LogP contribution in [0.2, 0.25) is 0 Å². The number of nitrogens with zero attached hydrogens (tertiary/aromatic N) is 1. The summed E-state index contributed by atoms with van der Waals surface area (Å²) in [5, 5.41) is 9.62. The number of thioether (sulfide) groups is 1. The van der Waals surface area contributed by atoms with Crippen molar-refractivity contribution in [1.29, 1.82) is 0 Å². The third-order valence-electron chi connectivity index (χ3n) is 2.28. The molecule has 0 fully saturated rings. The first-order valence-electron chi connectivity index (χ1n) is 5.22. The van der Waals surface area contributed by atoms with E-state index in [2.05, 4.69) is 51.8 Å². The van der Waals surface area contributed by atoms with Crippen LogP contribution in [0.4, 0.5) is 0 Å². The van der Waals surface area contributed by atoms with Gasteiger partial charge in [-0.2, -0.15) is 0 Å². The largest absolute Gasteiger partial charge is 0.478 e. The molecule has 0 aliphatic carbocycles. The maximum atomic E-state index is 10.8. The summed E-state index contributed by atoms with van der Waals surface area (Å²) < 4.78 is 1.20. The van der Waals surface area contributed by atoms with Crippen molar-refractivity contribution in [3.05, 3.63) is 57.3 Å². The first-order valence-corrected chi connectivity index (χ1v) is 7.28. The van der Waals surface area contributed by atoms with Crippen LogP contribution in [0, 0.1) is 3.57 Å². The molecule has 3 nitrogen and oxygen atoms in total. The number of benzene rings is 1. The third kappa shape index (κ3) is 3.71. The number of rotatable bonds is 4. The summed E-state index contributed by atoms with van der Waals surface area (Å²) in [6.07, 6.45) is 1.53. The van der Waals surface area contributed by atoms with Gasteiger partial charge in [-0.15, -0.1) is 11.8 Å². The van der Waals surface area contributed by atoms with Crippen molar-refractivity contribution in [2.45, 2.75) is 10.8 Å². The second-order valence-electron chi connectivity index (χ2n) is 3.60. The fraction of sp³-hybridized carbons (Fsp3) is 0.0769. The molecule has 1 N–H and O–H groups in total. The van der Waals surface area contributed by atoms with Gasteiger partial charge in [0.2, 0.25) is 0 Å². The molecular formula is C13H10INO2S. The molecule has 2 aromatic rings. The Balaban J connectivity index is 2.04. The first-order chi connectivity index (χ1) is 8.65. The van der Waals surface area contributed by atoms with E-state index >= 15 is 0 Å². The molecule has 1 aromatic carbocycles. The van der Waals surface area contributed by atoms with Crippen LogP contribution in [0.1, 0.15) is 15.9 Å². The van der Waals surface area contributed by atoms with Crippen molar-refractivity contribution >= 4 is 40.3 Å². The molecule has 0 aliphatic heterocycles. The summed E-state index contributed by atoms with van der Waals surface area (Å²) in [6.45, 7) is 0. The SMILES string of the molecule is O=C(O)c1ccnc(SCc2ccc(I)cc2)c1. The van der Waals surface area contributed by atoms with E-state index in [0.717, 1.165) is 10.8 Å². The molecule has 2 rings (SSSR count). The lowest BCUT2D eigenvalue weighted by atomic mass is 10.2. The number of carboxylic acid groups (broad SMARTS) is 1. The van der Waals surface area contributed by atoms with Crippen LogP contribution in [-0.4, -0.2) is 16.1 Å². The fourth-order valence-electron chi connectivity index (χ4n) is 1.36. The van der Waals surface area contributed by atoms with Gasteiger partial charge < -0.3 is 5.11 Å². The van der Waals surface area contributed by atoms with Crippen molar-refractivity contribution in [3.8, 4) is 0 Å². The number of carboxylic acids is 1. The van der Waals surface area contributed by atoms with Crippen LogP contribution in [0.3, 0.4) is 0 Å². The highest BCUT2D eigenvalue weighted by Gasteiger charge is 2.04. The van der Waals surface area contributed by atoms with Gasteiger partial charge in [-0.25, -0.2) is 9.78 Å². The predicted octanol–water partition coefficient (Wildman–Crippen LogP) is 3.68. The Morgan fingerprint density at radius 1 is 1.28 bits per heavy atom. The van der Waals surface area contributed by atoms with Gasteiger partial charge in [0.1, 0.15) is 0 Å². The summed E-state index contributed by atoms with van der Waals surface area (Å²) >= 11 is 3.80. The van der Waals surface area contributed by atoms with Gasteiger partial charge in [0, 0.05) is 15.5 Å². The number of hydrogen-bond donors (Lipinski definition) is 1. The zero-order valence-electron chi connectivity index (χ0n) is 9.34. The van der Waals surface area contributed by atoms with Crippen LogP contribution in [-0.2, 0) is 5.75 Å². The van der Waals surface area contributed by atoms with E-state index in [1.807, 2.05) is 0 Å². The first kappa shape index (κ1) is 13.4. The molecule has 0 saturated heterocycles. The van der Waals surface area contributed by atoms with Crippen LogP contribution < -0.4 is 0 Å². The van der Waals surface area contributed by atoms with E-state index in [1.165, 1.54) is 33.2 Å². The van der Waals surface area contributed by atoms with E-state index < -0.39 is 5.97 Å². The van der Waals surface area contributed by atoms with Crippen LogP contribution in [0.25, 0.3) is 0 Å². The molecule has 0 unspecified atom stereocenters. The lowest BCUT2D eigenvalue weighted by Gasteiger charge is -2.02. The second-order valence-corrected chi connectivity index (χ2v) is 5.84. The minimum atomic E-state index is -0.923. The monoisotopic (exact) mass is 371 g/mol. The van der Waals surface area contributed by atoms with E-state index in [9.17, 15) is 4.79 Å². The van der Waals surface area contributed by atoms with Gasteiger partial charge in [-0.1, -0.05) is 12.1 Å². The molecule has 0 aliphatic rings. The predicted molar refractivity (Wildman–Crippen MR) is 79.9 cm³/mol. The van der Waals surface area contributed by atoms with E-state index in [1.54, 1.807) is 6.07 Å². The number of aromatic nitrogens is 1. The topological polar surface area (TPSA) is 50.2 Å². The van der Waals surface area contributed by atoms with Crippen LogP contribution in [0.15, 0.2) is 47.6 Å². The fourth-order valence-corrected chi connectivity index (χ4v) is 2.57. The molecule has 18 heavy (non-hydrogen) atoms. The Hall–Kier alpha value is -1.08. The smallest absolute Gasteiger partial charge is 0.335 e. The molecule has 1 aromatic heterocycles. The Morgan fingerprint density at radius 2 is 2.00 bits per heavy atom. The van der Waals surface area contributed by atoms with Gasteiger partial charge in [0.25, 0.3) is 0 Å². The van der Waals surface area contributed by atoms with Crippen molar-refractivity contribution in [1.82, 2.24) is 4.98 Å². The molecule has 5 heteroatoms. The van der Waals surface area contributed by atoms with E-state index in [4.69, 9.17) is 5.11 Å². The van der Waals surface area contributed by atoms with Crippen LogP contribution >= 0.6 is 34.4 Å². The van der Waals surface area contributed by atoms with Gasteiger partial charge in [0.05, 0.1) is 10.6 Å². The zero-order chi connectivity index (χ0) is 13.0. The molecule has 0 atom stereocenters. The summed E-state index contributed by atoms with van der Waals surface area (Å²) in [6, 6.07) is 11.3. The van der Waals surface area contributed by atoms with Crippen LogP contribution in [0.5, 0.6) is 0 Å². The Labute approximate surface area is 123 Å². The number of carbonyl (C=O) groups is 1. The Kier molecular flexibility index (Phi) is 4.60. The lowest BCUT2D eigenvalue weighted by molar-refractivity contribution is 0.0696. The molecule has 92 valence electrons. The maximum absolute atomic E-state index is 10.8. The number of aromatic carboxylic acids is 1. The minimum absolute atomic E-state index is 0.273. The van der Waals surface area contributed by atoms with Crippen molar-refractivity contribution < 1.29 is 9.90 Å². The van der Waals surface area contributed by atoms with E-state index in [0.29, 0.717) is 0 Å². The Morgan fingerprint density at radius 3 is 2.67 bits per heavy atom. The normalized spacial score (nSPS) is 10.3. The summed E-state index contributed by atoms with van der Waals surface area (Å²) in [4.78, 5) is 15.0. The molecule has 1 heterocycles. The van der Waals surface area contributed by atoms with Gasteiger partial charge in [-0.05, 0) is 52.4 Å². The van der Waals surface area contributed by atoms with Gasteiger partial charge in [-0.3, -0.25) is 0 Å². The second kappa shape index (κ2) is 6.19. The molecule has 0 bridgehead atoms. The molecule has 0 radical (unpaired) electrons. The van der Waals surface area contributed by atoms with Gasteiger partial charge in [0.15, 0.2) is 0 Å². The molecule has 0 spiro atoms. The molecule has 0 saturated carbocycles. The number of pyridine rings is 1. The Bertz CT molecular complexity index is 557. The quantitative estimate of drug-likeness (QED) is 0.658. The van der Waals surface area contributed by atoms with Crippen molar-refractivity contribution in [2.75, 3.05) is 0 Å². The number of hydrogen-bond acceptors (Lipinski definition) is 3. The van der Waals surface area contributed by atoms with Crippen molar-refractivity contribution in [2.24, 2.45) is 0 Å². The zero-order valence-corrected chi connectivity index (χ0v) is 12.3. The third-order valence-corrected chi connectivity index (χ3v) is 4.00. The highest BCUT2D eigenvalue weighted by Crippen LogP contribution is 2.21. The highest BCUT2D eigenvalue weighted by atomic mass is 127. The number of halogens is 1. The maximum Gasteiger partial charge on any atom is 0.335 e. The average Bonchev–Trinajstić information content (AvgIpc) is 2.38. The summed E-state index contributed by atoms with van der Waals surface area (Å²) in [5.41, 5.74) is 1.47. The van der Waals surface area contributed by atoms with Gasteiger partial charge >= 0.3 is 5.97 Å². The standard InChI is InChI=1S/C13H10INO2S/c14-11-3-1-9(2-4-11)8-18-12-7-10(13(16)17)5-6-15-12/h1-7H,8H2,(H,16,17). The lowest BCUT2D eigenvalue weighted by Crippen LogP contribution is -1.96. The highest BCUT2D eigenvalue weighted by molar-refractivity contribution is 14.1.